The van der Waals surface area contributed by atoms with Crippen molar-refractivity contribution in [2.24, 2.45) is 0 Å². The summed E-state index contributed by atoms with van der Waals surface area (Å²) < 4.78 is 5.16. The summed E-state index contributed by atoms with van der Waals surface area (Å²) in [6.07, 6.45) is 0.333. The van der Waals surface area contributed by atoms with Gasteiger partial charge in [-0.3, -0.25) is 9.59 Å². The predicted octanol–water partition coefficient (Wildman–Crippen LogP) is 1.38. The number of rotatable bonds is 4. The first-order valence-electron chi connectivity index (χ1n) is 8.31. The van der Waals surface area contributed by atoms with E-state index in [4.69, 9.17) is 4.74 Å². The fourth-order valence-electron chi connectivity index (χ4n) is 2.56. The Kier molecular flexibility index (Phi) is 5.96. The molecule has 0 spiro atoms. The van der Waals surface area contributed by atoms with Gasteiger partial charge in [-0.15, -0.1) is 0 Å². The summed E-state index contributed by atoms with van der Waals surface area (Å²) in [5.74, 6) is -0.332. The number of esters is 1. The van der Waals surface area contributed by atoms with Gasteiger partial charge in [0.2, 0.25) is 0 Å². The fourth-order valence-corrected chi connectivity index (χ4v) is 2.56. The number of ether oxygens (including phenoxy) is 1. The van der Waals surface area contributed by atoms with E-state index in [1.807, 2.05) is 12.1 Å². The summed E-state index contributed by atoms with van der Waals surface area (Å²) in [4.78, 5) is 23.7. The van der Waals surface area contributed by atoms with Crippen LogP contribution in [0, 0.1) is 0 Å². The SMILES string of the molecule is CC1NCC(c2ccc(C(=O)NCC(=O)OC(C)(C)C)cc2)CN1. The van der Waals surface area contributed by atoms with Crippen LogP contribution >= 0.6 is 0 Å². The van der Waals surface area contributed by atoms with Gasteiger partial charge in [-0.1, -0.05) is 12.1 Å². The summed E-state index contributed by atoms with van der Waals surface area (Å²) in [7, 11) is 0. The highest BCUT2D eigenvalue weighted by Crippen LogP contribution is 2.17. The molecule has 1 heterocycles. The highest BCUT2D eigenvalue weighted by molar-refractivity contribution is 5.95. The van der Waals surface area contributed by atoms with E-state index in [1.54, 1.807) is 32.9 Å². The van der Waals surface area contributed by atoms with Gasteiger partial charge in [-0.2, -0.15) is 0 Å². The molecule has 2 rings (SSSR count). The molecule has 0 atom stereocenters. The van der Waals surface area contributed by atoms with Crippen molar-refractivity contribution in [3.63, 3.8) is 0 Å². The smallest absolute Gasteiger partial charge is 0.325 e. The number of nitrogens with one attached hydrogen (secondary N) is 3. The van der Waals surface area contributed by atoms with Crippen LogP contribution in [0.4, 0.5) is 0 Å². The zero-order valence-corrected chi connectivity index (χ0v) is 14.8. The standard InChI is InChI=1S/C18H27N3O3/c1-12-19-9-15(10-20-12)13-5-7-14(8-6-13)17(23)21-11-16(22)24-18(2,3)4/h5-8,12,15,19-20H,9-11H2,1-4H3,(H,21,23). The van der Waals surface area contributed by atoms with E-state index >= 15 is 0 Å². The minimum absolute atomic E-state index is 0.133. The van der Waals surface area contributed by atoms with Crippen LogP contribution in [0.2, 0.25) is 0 Å². The van der Waals surface area contributed by atoms with Crippen molar-refractivity contribution < 1.29 is 14.3 Å². The molecule has 1 aromatic rings. The van der Waals surface area contributed by atoms with Gasteiger partial charge in [0.1, 0.15) is 12.1 Å². The lowest BCUT2D eigenvalue weighted by Gasteiger charge is -2.29. The van der Waals surface area contributed by atoms with Gasteiger partial charge in [-0.05, 0) is 45.4 Å². The Balaban J connectivity index is 1.86. The average Bonchev–Trinajstić information content (AvgIpc) is 2.52. The number of benzene rings is 1. The van der Waals surface area contributed by atoms with Crippen LogP contribution in [0.3, 0.4) is 0 Å². The fraction of sp³-hybridized carbons (Fsp3) is 0.556. The molecule has 1 aromatic carbocycles. The molecule has 1 amide bonds. The molecule has 1 aliphatic rings. The monoisotopic (exact) mass is 333 g/mol. The second-order valence-corrected chi connectivity index (χ2v) is 7.13. The molecule has 6 nitrogen and oxygen atoms in total. The summed E-state index contributed by atoms with van der Waals surface area (Å²) in [5.41, 5.74) is 1.17. The highest BCUT2D eigenvalue weighted by atomic mass is 16.6. The van der Waals surface area contributed by atoms with E-state index in [1.165, 1.54) is 5.56 Å². The van der Waals surface area contributed by atoms with Gasteiger partial charge < -0.3 is 20.7 Å². The molecule has 0 unspecified atom stereocenters. The third kappa shape index (κ3) is 5.62. The van der Waals surface area contributed by atoms with Crippen molar-refractivity contribution in [1.82, 2.24) is 16.0 Å². The molecule has 1 aliphatic heterocycles. The molecule has 6 heteroatoms. The van der Waals surface area contributed by atoms with Crippen LogP contribution in [0.15, 0.2) is 24.3 Å². The Hall–Kier alpha value is -1.92. The predicted molar refractivity (Wildman–Crippen MR) is 92.8 cm³/mol. The van der Waals surface area contributed by atoms with E-state index in [0.717, 1.165) is 13.1 Å². The number of hydrogen-bond donors (Lipinski definition) is 3. The van der Waals surface area contributed by atoms with Crippen LogP contribution in [-0.4, -0.2) is 43.3 Å². The molecule has 0 saturated carbocycles. The molecule has 1 fully saturated rings. The first-order chi connectivity index (χ1) is 11.2. The highest BCUT2D eigenvalue weighted by Gasteiger charge is 2.19. The molecular weight excluding hydrogens is 306 g/mol. The number of hydrogen-bond acceptors (Lipinski definition) is 5. The van der Waals surface area contributed by atoms with Gasteiger partial charge in [0, 0.05) is 24.6 Å². The summed E-state index contributed by atoms with van der Waals surface area (Å²) >= 11 is 0. The molecule has 24 heavy (non-hydrogen) atoms. The maximum Gasteiger partial charge on any atom is 0.325 e. The van der Waals surface area contributed by atoms with Crippen LogP contribution in [0.1, 0.15) is 49.5 Å². The first-order valence-corrected chi connectivity index (χ1v) is 8.31. The van der Waals surface area contributed by atoms with Crippen molar-refractivity contribution in [1.29, 1.82) is 0 Å². The first kappa shape index (κ1) is 18.4. The van der Waals surface area contributed by atoms with Gasteiger partial charge in [0.05, 0.1) is 6.17 Å². The third-order valence-electron chi connectivity index (χ3n) is 3.80. The molecule has 0 radical (unpaired) electrons. The lowest BCUT2D eigenvalue weighted by atomic mass is 9.96. The van der Waals surface area contributed by atoms with E-state index in [-0.39, 0.29) is 12.5 Å². The van der Waals surface area contributed by atoms with Crippen molar-refractivity contribution in [2.45, 2.75) is 45.4 Å². The van der Waals surface area contributed by atoms with Crippen molar-refractivity contribution in [2.75, 3.05) is 19.6 Å². The summed E-state index contributed by atoms with van der Waals surface area (Å²) in [6, 6.07) is 7.51. The second kappa shape index (κ2) is 7.77. The minimum atomic E-state index is -0.553. The molecule has 0 aromatic heterocycles. The number of amides is 1. The van der Waals surface area contributed by atoms with E-state index < -0.39 is 11.6 Å². The lowest BCUT2D eigenvalue weighted by Crippen LogP contribution is -2.49. The van der Waals surface area contributed by atoms with E-state index in [2.05, 4.69) is 22.9 Å². The van der Waals surface area contributed by atoms with Crippen LogP contribution in [0.25, 0.3) is 0 Å². The zero-order valence-electron chi connectivity index (χ0n) is 14.8. The average molecular weight is 333 g/mol. The summed E-state index contributed by atoms with van der Waals surface area (Å²) in [5, 5.41) is 9.34. The number of carbonyl (C=O) groups is 2. The molecule has 1 saturated heterocycles. The zero-order chi connectivity index (χ0) is 17.7. The van der Waals surface area contributed by atoms with Gasteiger partial charge in [-0.25, -0.2) is 0 Å². The molecule has 132 valence electrons. The Morgan fingerprint density at radius 1 is 1.17 bits per heavy atom. The second-order valence-electron chi connectivity index (χ2n) is 7.13. The van der Waals surface area contributed by atoms with E-state index in [0.29, 0.717) is 17.6 Å². The van der Waals surface area contributed by atoms with Crippen LogP contribution < -0.4 is 16.0 Å². The number of carbonyl (C=O) groups excluding carboxylic acids is 2. The quantitative estimate of drug-likeness (QED) is 0.726. The van der Waals surface area contributed by atoms with Gasteiger partial charge in [0.15, 0.2) is 0 Å². The van der Waals surface area contributed by atoms with Crippen LogP contribution in [-0.2, 0) is 9.53 Å². The van der Waals surface area contributed by atoms with Crippen molar-refractivity contribution in [3.8, 4) is 0 Å². The lowest BCUT2D eigenvalue weighted by molar-refractivity contribution is -0.153. The minimum Gasteiger partial charge on any atom is -0.459 e. The molecule has 0 aliphatic carbocycles. The van der Waals surface area contributed by atoms with Crippen LogP contribution in [0.5, 0.6) is 0 Å². The molecular formula is C18H27N3O3. The molecule has 3 N–H and O–H groups in total. The Labute approximate surface area is 143 Å². The topological polar surface area (TPSA) is 79.5 Å². The maximum atomic E-state index is 12.1. The van der Waals surface area contributed by atoms with Gasteiger partial charge in [0.25, 0.3) is 5.91 Å². The van der Waals surface area contributed by atoms with Crippen molar-refractivity contribution >= 4 is 11.9 Å². The Morgan fingerprint density at radius 3 is 2.29 bits per heavy atom. The summed E-state index contributed by atoms with van der Waals surface area (Å²) in [6.45, 7) is 9.17. The van der Waals surface area contributed by atoms with Gasteiger partial charge >= 0.3 is 5.97 Å². The third-order valence-corrected chi connectivity index (χ3v) is 3.80. The van der Waals surface area contributed by atoms with E-state index in [9.17, 15) is 9.59 Å². The normalized spacial score (nSPS) is 21.2. The largest absolute Gasteiger partial charge is 0.459 e. The Morgan fingerprint density at radius 2 is 1.75 bits per heavy atom. The maximum absolute atomic E-state index is 12.1. The molecule has 0 bridgehead atoms. The Bertz CT molecular complexity index is 570. The van der Waals surface area contributed by atoms with Crippen molar-refractivity contribution in [3.05, 3.63) is 35.4 Å².